The molecule has 0 aromatic rings. The molecule has 1 saturated carbocycles. The minimum Gasteiger partial charge on any atom is -0.481 e. The lowest BCUT2D eigenvalue weighted by atomic mass is 10.0. The maximum atomic E-state index is 10.7. The molecule has 2 unspecified atom stereocenters. The molecule has 1 fully saturated rings. The molecule has 0 heterocycles. The average molecular weight is 168 g/mol. The Bertz CT molecular complexity index is 304. The van der Waals surface area contributed by atoms with E-state index >= 15 is 0 Å². The Morgan fingerprint density at radius 2 is 2.17 bits per heavy atom. The highest BCUT2D eigenvalue weighted by Crippen LogP contribution is 2.62. The van der Waals surface area contributed by atoms with E-state index in [1.165, 1.54) is 0 Å². The van der Waals surface area contributed by atoms with Gasteiger partial charge < -0.3 is 10.2 Å². The fourth-order valence-electron chi connectivity index (χ4n) is 1.87. The van der Waals surface area contributed by atoms with Gasteiger partial charge in [0.1, 0.15) is 0 Å². The van der Waals surface area contributed by atoms with Gasteiger partial charge in [-0.2, -0.15) is 0 Å². The lowest BCUT2D eigenvalue weighted by Gasteiger charge is -2.04. The molecule has 0 radical (unpaired) electrons. The molecule has 2 rings (SSSR count). The van der Waals surface area contributed by atoms with E-state index < -0.39 is 17.4 Å². The van der Waals surface area contributed by atoms with E-state index in [-0.39, 0.29) is 17.9 Å². The molecule has 0 spiro atoms. The van der Waals surface area contributed by atoms with Gasteiger partial charge in [0.05, 0.1) is 5.41 Å². The number of hydrogen-bond donors (Lipinski definition) is 2. The van der Waals surface area contributed by atoms with Crippen molar-refractivity contribution in [3.05, 3.63) is 11.6 Å². The molecule has 0 aromatic heterocycles. The number of rotatable bonds is 2. The fraction of sp³-hybridized carbons (Fsp3) is 0.500. The van der Waals surface area contributed by atoms with E-state index in [1.54, 1.807) is 6.08 Å². The summed E-state index contributed by atoms with van der Waals surface area (Å²) >= 11 is 0. The van der Waals surface area contributed by atoms with Crippen molar-refractivity contribution < 1.29 is 19.8 Å². The molecule has 2 aliphatic rings. The summed E-state index contributed by atoms with van der Waals surface area (Å²) in [6, 6.07) is 0. The van der Waals surface area contributed by atoms with E-state index in [0.717, 1.165) is 0 Å². The highest BCUT2D eigenvalue weighted by atomic mass is 16.4. The molecule has 2 atom stereocenters. The summed E-state index contributed by atoms with van der Waals surface area (Å²) < 4.78 is 0. The molecule has 2 N–H and O–H groups in total. The summed E-state index contributed by atoms with van der Waals surface area (Å²) in [4.78, 5) is 21.2. The van der Waals surface area contributed by atoms with Gasteiger partial charge in [0.25, 0.3) is 0 Å². The Kier molecular flexibility index (Phi) is 1.15. The van der Waals surface area contributed by atoms with Crippen LogP contribution in [0.25, 0.3) is 0 Å². The molecule has 0 amide bonds. The van der Waals surface area contributed by atoms with Crippen molar-refractivity contribution in [2.75, 3.05) is 0 Å². The predicted octanol–water partition coefficient (Wildman–Crippen LogP) is 0.492. The highest BCUT2D eigenvalue weighted by Gasteiger charge is 2.63. The number of hydrogen-bond acceptors (Lipinski definition) is 2. The molecule has 0 aliphatic heterocycles. The van der Waals surface area contributed by atoms with Crippen LogP contribution in [-0.2, 0) is 9.59 Å². The molecule has 4 heteroatoms. The number of carbonyl (C=O) groups is 2. The van der Waals surface area contributed by atoms with Gasteiger partial charge in [0, 0.05) is 5.57 Å². The summed E-state index contributed by atoms with van der Waals surface area (Å²) in [5.74, 6) is -1.87. The van der Waals surface area contributed by atoms with E-state index in [1.807, 2.05) is 0 Å². The van der Waals surface area contributed by atoms with Crippen LogP contribution in [0.1, 0.15) is 12.8 Å². The predicted molar refractivity (Wildman–Crippen MR) is 38.5 cm³/mol. The first-order valence-electron chi connectivity index (χ1n) is 3.74. The van der Waals surface area contributed by atoms with Crippen LogP contribution in [0.3, 0.4) is 0 Å². The monoisotopic (exact) mass is 168 g/mol. The number of carboxylic acid groups (broad SMARTS) is 2. The molecular weight excluding hydrogens is 160 g/mol. The second-order valence-electron chi connectivity index (χ2n) is 3.45. The number of fused-ring (bicyclic) bond motifs is 1. The second kappa shape index (κ2) is 1.88. The van der Waals surface area contributed by atoms with E-state index in [4.69, 9.17) is 10.2 Å². The second-order valence-corrected chi connectivity index (χ2v) is 3.45. The fourth-order valence-corrected chi connectivity index (χ4v) is 1.87. The van der Waals surface area contributed by atoms with Crippen molar-refractivity contribution >= 4 is 11.9 Å². The zero-order chi connectivity index (χ0) is 8.93. The maximum Gasteiger partial charge on any atom is 0.331 e. The first-order chi connectivity index (χ1) is 5.56. The van der Waals surface area contributed by atoms with Gasteiger partial charge in [-0.1, -0.05) is 6.08 Å². The molecule has 0 saturated heterocycles. The Labute approximate surface area is 68.5 Å². The van der Waals surface area contributed by atoms with Gasteiger partial charge in [0.2, 0.25) is 0 Å². The Morgan fingerprint density at radius 3 is 2.50 bits per heavy atom. The molecule has 2 aliphatic carbocycles. The normalized spacial score (nSPS) is 37.0. The summed E-state index contributed by atoms with van der Waals surface area (Å²) in [6.45, 7) is 0. The van der Waals surface area contributed by atoms with E-state index in [0.29, 0.717) is 6.42 Å². The zero-order valence-corrected chi connectivity index (χ0v) is 6.28. The SMILES string of the molecule is O=C(O)C1=CC2CC2(C(=O)O)C1. The number of allylic oxidation sites excluding steroid dienone is 1. The topological polar surface area (TPSA) is 74.6 Å². The Hall–Kier alpha value is -1.32. The van der Waals surface area contributed by atoms with Crippen LogP contribution in [0.15, 0.2) is 11.6 Å². The van der Waals surface area contributed by atoms with Crippen LogP contribution in [0, 0.1) is 11.3 Å². The van der Waals surface area contributed by atoms with Gasteiger partial charge in [-0.3, -0.25) is 4.79 Å². The van der Waals surface area contributed by atoms with Gasteiger partial charge >= 0.3 is 11.9 Å². The van der Waals surface area contributed by atoms with Crippen molar-refractivity contribution in [2.24, 2.45) is 11.3 Å². The highest BCUT2D eigenvalue weighted by molar-refractivity contribution is 5.92. The van der Waals surface area contributed by atoms with Crippen molar-refractivity contribution in [1.29, 1.82) is 0 Å². The minimum absolute atomic E-state index is 0.0268. The van der Waals surface area contributed by atoms with Crippen LogP contribution in [0.4, 0.5) is 0 Å². The third-order valence-corrected chi connectivity index (χ3v) is 2.74. The largest absolute Gasteiger partial charge is 0.481 e. The molecule has 0 aromatic carbocycles. The quantitative estimate of drug-likeness (QED) is 0.629. The van der Waals surface area contributed by atoms with Crippen molar-refractivity contribution in [3.63, 3.8) is 0 Å². The van der Waals surface area contributed by atoms with Gasteiger partial charge in [-0.05, 0) is 18.8 Å². The van der Waals surface area contributed by atoms with Crippen LogP contribution in [0.2, 0.25) is 0 Å². The number of aliphatic carboxylic acids is 2. The third kappa shape index (κ3) is 0.719. The molecule has 12 heavy (non-hydrogen) atoms. The van der Waals surface area contributed by atoms with Crippen LogP contribution < -0.4 is 0 Å². The Morgan fingerprint density at radius 1 is 1.50 bits per heavy atom. The summed E-state index contributed by atoms with van der Waals surface area (Å²) in [6.07, 6.45) is 2.39. The molecule has 64 valence electrons. The van der Waals surface area contributed by atoms with Crippen molar-refractivity contribution in [1.82, 2.24) is 0 Å². The third-order valence-electron chi connectivity index (χ3n) is 2.74. The summed E-state index contributed by atoms with van der Waals surface area (Å²) in [5, 5.41) is 17.4. The average Bonchev–Trinajstić information content (AvgIpc) is 2.55. The lowest BCUT2D eigenvalue weighted by molar-refractivity contribution is -0.143. The van der Waals surface area contributed by atoms with Crippen LogP contribution in [-0.4, -0.2) is 22.2 Å². The van der Waals surface area contributed by atoms with E-state index in [2.05, 4.69) is 0 Å². The lowest BCUT2D eigenvalue weighted by Crippen LogP contribution is -2.16. The standard InChI is InChI=1S/C8H8O4/c9-6(10)4-1-5-3-8(5,2-4)7(11)12/h1,5H,2-3H2,(H,9,10)(H,11,12). The van der Waals surface area contributed by atoms with Crippen LogP contribution >= 0.6 is 0 Å². The number of carboxylic acids is 2. The minimum atomic E-state index is -0.983. The smallest absolute Gasteiger partial charge is 0.331 e. The summed E-state index contributed by atoms with van der Waals surface area (Å²) in [5.41, 5.74) is -0.484. The zero-order valence-electron chi connectivity index (χ0n) is 6.28. The maximum absolute atomic E-state index is 10.7. The van der Waals surface area contributed by atoms with Crippen molar-refractivity contribution in [3.8, 4) is 0 Å². The van der Waals surface area contributed by atoms with Crippen LogP contribution in [0.5, 0.6) is 0 Å². The van der Waals surface area contributed by atoms with Gasteiger partial charge in [-0.25, -0.2) is 4.79 Å². The Balaban J connectivity index is 2.19. The van der Waals surface area contributed by atoms with Gasteiger partial charge in [-0.15, -0.1) is 0 Å². The first-order valence-corrected chi connectivity index (χ1v) is 3.74. The molecule has 0 bridgehead atoms. The molecule has 4 nitrogen and oxygen atoms in total. The molecular formula is C8H8O4. The van der Waals surface area contributed by atoms with Crippen molar-refractivity contribution in [2.45, 2.75) is 12.8 Å². The van der Waals surface area contributed by atoms with E-state index in [9.17, 15) is 9.59 Å². The first kappa shape index (κ1) is 7.34. The van der Waals surface area contributed by atoms with Gasteiger partial charge in [0.15, 0.2) is 0 Å². The summed E-state index contributed by atoms with van der Waals surface area (Å²) in [7, 11) is 0.